The minimum Gasteiger partial charge on any atom is -0.439 e. The van der Waals surface area contributed by atoms with Crippen molar-refractivity contribution in [1.29, 1.82) is 0 Å². The molecule has 2 N–H and O–H groups in total. The van der Waals surface area contributed by atoms with Gasteiger partial charge in [0.15, 0.2) is 5.58 Å². The summed E-state index contributed by atoms with van der Waals surface area (Å²) in [5.41, 5.74) is 8.15. The van der Waals surface area contributed by atoms with E-state index in [9.17, 15) is 0 Å². The molecule has 1 aliphatic heterocycles. The van der Waals surface area contributed by atoms with Crippen LogP contribution >= 0.6 is 0 Å². The van der Waals surface area contributed by atoms with E-state index in [2.05, 4.69) is 23.7 Å². The number of fused-ring (bicyclic) bond motifs is 1. The van der Waals surface area contributed by atoms with Crippen molar-refractivity contribution in [2.45, 2.75) is 26.8 Å². The molecule has 0 amide bonds. The van der Waals surface area contributed by atoms with E-state index in [-0.39, 0.29) is 0 Å². The van der Waals surface area contributed by atoms with Crippen molar-refractivity contribution in [2.75, 3.05) is 18.8 Å². The minimum absolute atomic E-state index is 0.719. The molecule has 0 bridgehead atoms. The van der Waals surface area contributed by atoms with Crippen LogP contribution in [0.25, 0.3) is 11.1 Å². The molecule has 0 spiro atoms. The zero-order valence-electron chi connectivity index (χ0n) is 11.6. The molecular formula is C15H21N3O. The quantitative estimate of drug-likeness (QED) is 0.861. The normalized spacial score (nSPS) is 20.7. The lowest BCUT2D eigenvalue weighted by atomic mass is 9.95. The lowest BCUT2D eigenvalue weighted by Gasteiger charge is -2.15. The van der Waals surface area contributed by atoms with E-state index in [4.69, 9.17) is 10.2 Å². The van der Waals surface area contributed by atoms with Gasteiger partial charge in [-0.15, -0.1) is 0 Å². The van der Waals surface area contributed by atoms with Crippen molar-refractivity contribution >= 4 is 16.8 Å². The van der Waals surface area contributed by atoms with Crippen molar-refractivity contribution in [3.63, 3.8) is 0 Å². The Hall–Kier alpha value is -1.55. The molecule has 0 saturated carbocycles. The van der Waals surface area contributed by atoms with Crippen molar-refractivity contribution in [1.82, 2.24) is 9.88 Å². The molecule has 2 aromatic rings. The monoisotopic (exact) mass is 259 g/mol. The summed E-state index contributed by atoms with van der Waals surface area (Å²) in [6.45, 7) is 7.70. The molecule has 1 unspecified atom stereocenters. The standard InChI is InChI=1S/C15H21N3O/c1-10(2)11-5-6-18(8-11)9-15-17-13-4-3-12(16)7-14(13)19-15/h3-4,7,10-11H,5-6,8-9,16H2,1-2H3. The Balaban J connectivity index is 1.72. The van der Waals surface area contributed by atoms with Crippen LogP contribution in [0.1, 0.15) is 26.2 Å². The van der Waals surface area contributed by atoms with Gasteiger partial charge in [-0.1, -0.05) is 13.8 Å². The summed E-state index contributed by atoms with van der Waals surface area (Å²) in [6, 6.07) is 5.62. The molecule has 102 valence electrons. The summed E-state index contributed by atoms with van der Waals surface area (Å²) in [6.07, 6.45) is 1.28. The summed E-state index contributed by atoms with van der Waals surface area (Å²) in [5, 5.41) is 0. The lowest BCUT2D eigenvalue weighted by Crippen LogP contribution is -2.21. The van der Waals surface area contributed by atoms with Gasteiger partial charge in [0.2, 0.25) is 5.89 Å². The zero-order chi connectivity index (χ0) is 13.4. The van der Waals surface area contributed by atoms with E-state index in [1.165, 1.54) is 6.42 Å². The highest BCUT2D eigenvalue weighted by molar-refractivity contribution is 5.76. The fraction of sp³-hybridized carbons (Fsp3) is 0.533. The van der Waals surface area contributed by atoms with Crippen LogP contribution in [0.4, 0.5) is 5.69 Å². The third-order valence-electron chi connectivity index (χ3n) is 4.07. The number of aromatic nitrogens is 1. The van der Waals surface area contributed by atoms with E-state index in [1.807, 2.05) is 18.2 Å². The molecule has 1 saturated heterocycles. The van der Waals surface area contributed by atoms with E-state index in [1.54, 1.807) is 0 Å². The molecule has 3 rings (SSSR count). The summed E-state index contributed by atoms with van der Waals surface area (Å²) >= 11 is 0. The predicted octanol–water partition coefficient (Wildman–Crippen LogP) is 2.89. The highest BCUT2D eigenvalue weighted by Gasteiger charge is 2.25. The molecule has 4 nitrogen and oxygen atoms in total. The molecule has 1 aromatic heterocycles. The zero-order valence-corrected chi connectivity index (χ0v) is 11.6. The maximum absolute atomic E-state index is 5.77. The second kappa shape index (κ2) is 4.85. The van der Waals surface area contributed by atoms with Gasteiger partial charge in [0, 0.05) is 18.3 Å². The first-order chi connectivity index (χ1) is 9.11. The highest BCUT2D eigenvalue weighted by atomic mass is 16.3. The van der Waals surface area contributed by atoms with E-state index >= 15 is 0 Å². The number of nitrogens with zero attached hydrogens (tertiary/aromatic N) is 2. The first-order valence-electron chi connectivity index (χ1n) is 6.99. The lowest BCUT2D eigenvalue weighted by molar-refractivity contribution is 0.271. The number of hydrogen-bond acceptors (Lipinski definition) is 4. The Morgan fingerprint density at radius 3 is 3.05 bits per heavy atom. The van der Waals surface area contributed by atoms with Crippen LogP contribution < -0.4 is 5.73 Å². The molecule has 1 aliphatic rings. The molecule has 2 heterocycles. The van der Waals surface area contributed by atoms with Crippen LogP contribution in [0.3, 0.4) is 0 Å². The van der Waals surface area contributed by atoms with Gasteiger partial charge < -0.3 is 10.2 Å². The largest absolute Gasteiger partial charge is 0.439 e. The molecule has 0 aliphatic carbocycles. The minimum atomic E-state index is 0.719. The number of nitrogen functional groups attached to an aromatic ring is 1. The summed E-state index contributed by atoms with van der Waals surface area (Å²) in [4.78, 5) is 6.95. The Labute approximate surface area is 113 Å². The third kappa shape index (κ3) is 2.59. The number of rotatable bonds is 3. The van der Waals surface area contributed by atoms with Crippen molar-refractivity contribution in [3.8, 4) is 0 Å². The number of nitrogens with two attached hydrogens (primary N) is 1. The van der Waals surface area contributed by atoms with Crippen LogP contribution in [-0.2, 0) is 6.54 Å². The third-order valence-corrected chi connectivity index (χ3v) is 4.07. The Morgan fingerprint density at radius 1 is 1.47 bits per heavy atom. The summed E-state index contributed by atoms with van der Waals surface area (Å²) < 4.78 is 5.77. The first-order valence-corrected chi connectivity index (χ1v) is 6.99. The van der Waals surface area contributed by atoms with Crippen LogP contribution in [0.15, 0.2) is 22.6 Å². The summed E-state index contributed by atoms with van der Waals surface area (Å²) in [7, 11) is 0. The summed E-state index contributed by atoms with van der Waals surface area (Å²) in [5.74, 6) is 2.36. The van der Waals surface area contributed by atoms with Gasteiger partial charge in [-0.05, 0) is 36.9 Å². The van der Waals surface area contributed by atoms with Crippen LogP contribution in [0, 0.1) is 11.8 Å². The number of hydrogen-bond donors (Lipinski definition) is 1. The fourth-order valence-electron chi connectivity index (χ4n) is 2.80. The van der Waals surface area contributed by atoms with Crippen LogP contribution in [0.5, 0.6) is 0 Å². The van der Waals surface area contributed by atoms with Gasteiger partial charge in [-0.2, -0.15) is 0 Å². The molecule has 0 radical (unpaired) electrons. The van der Waals surface area contributed by atoms with E-state index in [0.717, 1.165) is 54.1 Å². The topological polar surface area (TPSA) is 55.3 Å². The maximum Gasteiger partial charge on any atom is 0.209 e. The van der Waals surface area contributed by atoms with Crippen molar-refractivity contribution in [3.05, 3.63) is 24.1 Å². The smallest absolute Gasteiger partial charge is 0.209 e. The van der Waals surface area contributed by atoms with E-state index in [0.29, 0.717) is 0 Å². The molecule has 1 fully saturated rings. The Morgan fingerprint density at radius 2 is 2.32 bits per heavy atom. The maximum atomic E-state index is 5.77. The first kappa shape index (κ1) is 12.5. The Bertz CT molecular complexity index is 576. The average Bonchev–Trinajstić information content (AvgIpc) is 2.95. The Kier molecular flexibility index (Phi) is 3.19. The fourth-order valence-corrected chi connectivity index (χ4v) is 2.80. The second-order valence-electron chi connectivity index (χ2n) is 5.86. The van der Waals surface area contributed by atoms with Crippen molar-refractivity contribution < 1.29 is 4.42 Å². The molecule has 4 heteroatoms. The van der Waals surface area contributed by atoms with Crippen LogP contribution in [0.2, 0.25) is 0 Å². The van der Waals surface area contributed by atoms with Gasteiger partial charge in [0.25, 0.3) is 0 Å². The van der Waals surface area contributed by atoms with Gasteiger partial charge in [0.05, 0.1) is 6.54 Å². The number of oxazole rings is 1. The number of benzene rings is 1. The molecule has 19 heavy (non-hydrogen) atoms. The van der Waals surface area contributed by atoms with Gasteiger partial charge in [-0.25, -0.2) is 4.98 Å². The van der Waals surface area contributed by atoms with E-state index < -0.39 is 0 Å². The molecule has 1 aromatic carbocycles. The second-order valence-corrected chi connectivity index (χ2v) is 5.86. The van der Waals surface area contributed by atoms with Gasteiger partial charge in [-0.3, -0.25) is 4.90 Å². The average molecular weight is 259 g/mol. The molecular weight excluding hydrogens is 238 g/mol. The predicted molar refractivity (Wildman–Crippen MR) is 76.6 cm³/mol. The van der Waals surface area contributed by atoms with Crippen molar-refractivity contribution in [2.24, 2.45) is 11.8 Å². The SMILES string of the molecule is CC(C)C1CCN(Cc2nc3ccc(N)cc3o2)C1. The molecule has 1 atom stereocenters. The van der Waals surface area contributed by atoms with Crippen LogP contribution in [-0.4, -0.2) is 23.0 Å². The van der Waals surface area contributed by atoms with Gasteiger partial charge >= 0.3 is 0 Å². The highest BCUT2D eigenvalue weighted by Crippen LogP contribution is 2.26. The number of likely N-dealkylation sites (tertiary alicyclic amines) is 1. The number of anilines is 1. The van der Waals surface area contributed by atoms with Gasteiger partial charge in [0.1, 0.15) is 5.52 Å².